The Morgan fingerprint density at radius 2 is 1.81 bits per heavy atom. The molecule has 2 N–H and O–H groups in total. The molecule has 2 aromatic carbocycles. The average molecular weight is 356 g/mol. The minimum absolute atomic E-state index is 0.174. The van der Waals surface area contributed by atoms with E-state index in [9.17, 15) is 18.7 Å². The molecule has 0 amide bonds. The predicted molar refractivity (Wildman–Crippen MR) is 79.1 cm³/mol. The highest BCUT2D eigenvalue weighted by Gasteiger charge is 2.35. The van der Waals surface area contributed by atoms with E-state index in [1.807, 2.05) is 0 Å². The lowest BCUT2D eigenvalue weighted by atomic mass is 9.91. The van der Waals surface area contributed by atoms with Crippen molar-refractivity contribution in [3.63, 3.8) is 0 Å². The van der Waals surface area contributed by atoms with E-state index >= 15 is 0 Å². The molecular formula is C15H12BrF2NO2. The number of carbonyl (C=O) groups is 1. The van der Waals surface area contributed by atoms with Gasteiger partial charge in [-0.15, -0.1) is 0 Å². The second-order valence-electron chi connectivity index (χ2n) is 4.69. The van der Waals surface area contributed by atoms with Gasteiger partial charge in [0.2, 0.25) is 0 Å². The summed E-state index contributed by atoms with van der Waals surface area (Å²) in [7, 11) is 0. The van der Waals surface area contributed by atoms with E-state index in [-0.39, 0.29) is 4.47 Å². The molecule has 0 aromatic heterocycles. The molecule has 3 nitrogen and oxygen atoms in total. The SMILES string of the molecule is CC(Nc1ccc(F)cc1)(C(=O)O)c1ccc(F)c(Br)c1. The molecule has 1 atom stereocenters. The molecule has 110 valence electrons. The highest BCUT2D eigenvalue weighted by atomic mass is 79.9. The van der Waals surface area contributed by atoms with E-state index < -0.39 is 23.1 Å². The van der Waals surface area contributed by atoms with Crippen molar-refractivity contribution in [1.82, 2.24) is 0 Å². The number of hydrogen-bond donors (Lipinski definition) is 2. The first kappa shape index (κ1) is 15.4. The van der Waals surface area contributed by atoms with Gasteiger partial charge < -0.3 is 10.4 Å². The predicted octanol–water partition coefficient (Wildman–Crippen LogP) is 4.14. The lowest BCUT2D eigenvalue weighted by Crippen LogP contribution is -2.40. The second-order valence-corrected chi connectivity index (χ2v) is 5.55. The van der Waals surface area contributed by atoms with Crippen LogP contribution in [0.4, 0.5) is 14.5 Å². The molecule has 1 unspecified atom stereocenters. The van der Waals surface area contributed by atoms with Crippen molar-refractivity contribution in [2.24, 2.45) is 0 Å². The third kappa shape index (κ3) is 3.21. The summed E-state index contributed by atoms with van der Waals surface area (Å²) in [4.78, 5) is 11.6. The number of nitrogens with one attached hydrogen (secondary N) is 1. The first-order valence-corrected chi connectivity index (χ1v) is 6.85. The number of rotatable bonds is 4. The minimum atomic E-state index is -1.48. The van der Waals surface area contributed by atoms with Gasteiger partial charge in [0, 0.05) is 5.69 Å². The molecule has 0 aliphatic rings. The molecule has 0 heterocycles. The Hall–Kier alpha value is -1.95. The van der Waals surface area contributed by atoms with E-state index in [1.165, 1.54) is 49.4 Å². The first-order valence-electron chi connectivity index (χ1n) is 6.05. The van der Waals surface area contributed by atoms with Crippen LogP contribution in [0, 0.1) is 11.6 Å². The highest BCUT2D eigenvalue weighted by molar-refractivity contribution is 9.10. The molecular weight excluding hydrogens is 344 g/mol. The van der Waals surface area contributed by atoms with Gasteiger partial charge >= 0.3 is 5.97 Å². The molecule has 6 heteroatoms. The Bertz CT molecular complexity index is 676. The van der Waals surface area contributed by atoms with E-state index in [2.05, 4.69) is 21.2 Å². The third-order valence-corrected chi connectivity index (χ3v) is 3.77. The zero-order chi connectivity index (χ0) is 15.6. The number of halogens is 3. The lowest BCUT2D eigenvalue weighted by molar-refractivity contribution is -0.142. The fourth-order valence-electron chi connectivity index (χ4n) is 1.88. The van der Waals surface area contributed by atoms with Crippen molar-refractivity contribution in [3.8, 4) is 0 Å². The smallest absolute Gasteiger partial charge is 0.333 e. The van der Waals surface area contributed by atoms with Gasteiger partial charge in [0.15, 0.2) is 5.54 Å². The molecule has 0 fully saturated rings. The molecule has 0 aliphatic heterocycles. The van der Waals surface area contributed by atoms with Crippen LogP contribution < -0.4 is 5.32 Å². The summed E-state index contributed by atoms with van der Waals surface area (Å²) >= 11 is 3.04. The largest absolute Gasteiger partial charge is 0.479 e. The van der Waals surface area contributed by atoms with Gasteiger partial charge in [0.05, 0.1) is 4.47 Å². The van der Waals surface area contributed by atoms with Crippen molar-refractivity contribution in [2.75, 3.05) is 5.32 Å². The van der Waals surface area contributed by atoms with Crippen LogP contribution in [0.15, 0.2) is 46.9 Å². The molecule has 0 saturated carbocycles. The second kappa shape index (κ2) is 5.81. The Morgan fingerprint density at radius 3 is 2.33 bits per heavy atom. The van der Waals surface area contributed by atoms with Gasteiger partial charge in [-0.3, -0.25) is 0 Å². The monoisotopic (exact) mass is 355 g/mol. The summed E-state index contributed by atoms with van der Waals surface area (Å²) in [6.45, 7) is 1.46. The van der Waals surface area contributed by atoms with Crippen LogP contribution in [0.3, 0.4) is 0 Å². The lowest BCUT2D eigenvalue weighted by Gasteiger charge is -2.28. The van der Waals surface area contributed by atoms with E-state index in [1.54, 1.807) is 0 Å². The van der Waals surface area contributed by atoms with E-state index in [0.29, 0.717) is 11.3 Å². The van der Waals surface area contributed by atoms with Crippen molar-refractivity contribution in [2.45, 2.75) is 12.5 Å². The number of anilines is 1. The minimum Gasteiger partial charge on any atom is -0.479 e. The summed E-state index contributed by atoms with van der Waals surface area (Å²) in [5.41, 5.74) is -0.664. The summed E-state index contributed by atoms with van der Waals surface area (Å²) < 4.78 is 26.4. The number of hydrogen-bond acceptors (Lipinski definition) is 2. The molecule has 2 aromatic rings. The summed E-state index contributed by atoms with van der Waals surface area (Å²) in [6.07, 6.45) is 0. The van der Waals surface area contributed by atoms with Crippen LogP contribution in [-0.4, -0.2) is 11.1 Å². The first-order chi connectivity index (χ1) is 9.83. The Morgan fingerprint density at radius 1 is 1.19 bits per heavy atom. The van der Waals surface area contributed by atoms with Crippen molar-refractivity contribution < 1.29 is 18.7 Å². The van der Waals surface area contributed by atoms with Crippen LogP contribution in [0.25, 0.3) is 0 Å². The standard InChI is InChI=1S/C15H12BrF2NO2/c1-15(14(20)21,9-2-7-13(18)12(16)8-9)19-11-5-3-10(17)4-6-11/h2-8,19H,1H3,(H,20,21). The average Bonchev–Trinajstić information content (AvgIpc) is 2.44. The van der Waals surface area contributed by atoms with E-state index in [0.717, 1.165) is 0 Å². The van der Waals surface area contributed by atoms with Crippen molar-refractivity contribution in [3.05, 3.63) is 64.1 Å². The fraction of sp³-hybridized carbons (Fsp3) is 0.133. The van der Waals surface area contributed by atoms with Crippen LogP contribution in [0.5, 0.6) is 0 Å². The number of benzene rings is 2. The van der Waals surface area contributed by atoms with Crippen LogP contribution in [0.2, 0.25) is 0 Å². The van der Waals surface area contributed by atoms with Gasteiger partial charge in [0.25, 0.3) is 0 Å². The Kier molecular flexibility index (Phi) is 4.27. The highest BCUT2D eigenvalue weighted by Crippen LogP contribution is 2.29. The summed E-state index contributed by atoms with van der Waals surface area (Å²) in [6, 6.07) is 9.32. The molecule has 0 radical (unpaired) electrons. The van der Waals surface area contributed by atoms with Gasteiger partial charge in [-0.2, -0.15) is 0 Å². The number of carboxylic acid groups (broad SMARTS) is 1. The summed E-state index contributed by atoms with van der Waals surface area (Å²) in [5.74, 6) is -2.03. The maximum absolute atomic E-state index is 13.3. The zero-order valence-corrected chi connectivity index (χ0v) is 12.6. The van der Waals surface area contributed by atoms with Crippen molar-refractivity contribution in [1.29, 1.82) is 0 Å². The maximum atomic E-state index is 13.3. The van der Waals surface area contributed by atoms with Gasteiger partial charge in [-0.25, -0.2) is 13.6 Å². The molecule has 0 saturated heterocycles. The summed E-state index contributed by atoms with van der Waals surface area (Å²) in [5, 5.41) is 12.4. The van der Waals surface area contributed by atoms with Crippen molar-refractivity contribution >= 4 is 27.6 Å². The molecule has 21 heavy (non-hydrogen) atoms. The Labute approximate surface area is 128 Å². The normalized spacial score (nSPS) is 13.5. The van der Waals surface area contributed by atoms with Gasteiger partial charge in [0.1, 0.15) is 11.6 Å². The number of carboxylic acids is 1. The quantitative estimate of drug-likeness (QED) is 0.866. The molecule has 0 aliphatic carbocycles. The fourth-order valence-corrected chi connectivity index (χ4v) is 2.26. The third-order valence-electron chi connectivity index (χ3n) is 3.16. The maximum Gasteiger partial charge on any atom is 0.333 e. The molecule has 2 rings (SSSR count). The van der Waals surface area contributed by atoms with Gasteiger partial charge in [-0.1, -0.05) is 6.07 Å². The van der Waals surface area contributed by atoms with Crippen LogP contribution in [-0.2, 0) is 10.3 Å². The molecule has 0 spiro atoms. The topological polar surface area (TPSA) is 49.3 Å². The molecule has 0 bridgehead atoms. The number of aliphatic carboxylic acids is 1. The van der Waals surface area contributed by atoms with Crippen LogP contribution in [0.1, 0.15) is 12.5 Å². The zero-order valence-electron chi connectivity index (χ0n) is 11.0. The Balaban J connectivity index is 2.42. The van der Waals surface area contributed by atoms with E-state index in [4.69, 9.17) is 0 Å². The van der Waals surface area contributed by atoms with Crippen LogP contribution >= 0.6 is 15.9 Å². The van der Waals surface area contributed by atoms with Gasteiger partial charge in [-0.05, 0) is 64.8 Å².